The predicted molar refractivity (Wildman–Crippen MR) is 148 cm³/mol. The van der Waals surface area contributed by atoms with Gasteiger partial charge in [-0.25, -0.2) is 21.6 Å². The number of hydrogen-bond acceptors (Lipinski definition) is 5. The largest absolute Gasteiger partial charge is 0.435 e. The highest BCUT2D eigenvalue weighted by atomic mass is 32.2. The Labute approximate surface area is 248 Å². The minimum atomic E-state index is -4.70. The topological polar surface area (TPSA) is 94.0 Å². The average Bonchev–Trinajstić information content (AvgIpc) is 3.31. The number of pyridine rings is 1. The molecule has 2 aromatic carbocycles. The Kier molecular flexibility index (Phi) is 8.56. The molecular weight excluding hydrogens is 610 g/mol. The molecule has 4 aromatic rings. The van der Waals surface area contributed by atoms with Gasteiger partial charge in [-0.2, -0.15) is 18.3 Å². The Bertz CT molecular complexity index is 1820. The zero-order valence-corrected chi connectivity index (χ0v) is 24.1. The molecule has 2 aromatic heterocycles. The van der Waals surface area contributed by atoms with E-state index in [9.17, 15) is 39.6 Å². The van der Waals surface area contributed by atoms with Crippen LogP contribution < -0.4 is 5.32 Å². The number of nitrogens with zero attached hydrogens (tertiary/aromatic N) is 3. The Morgan fingerprint density at radius 2 is 1.73 bits per heavy atom. The van der Waals surface area contributed by atoms with Crippen molar-refractivity contribution in [1.82, 2.24) is 20.1 Å². The van der Waals surface area contributed by atoms with E-state index in [-0.39, 0.29) is 40.8 Å². The van der Waals surface area contributed by atoms with Crippen LogP contribution >= 0.6 is 0 Å². The fourth-order valence-corrected chi connectivity index (χ4v) is 6.24. The van der Waals surface area contributed by atoms with Crippen molar-refractivity contribution < 1.29 is 39.6 Å². The van der Waals surface area contributed by atoms with Crippen LogP contribution in [-0.2, 0) is 46.6 Å². The third-order valence-electron chi connectivity index (χ3n) is 7.33. The summed E-state index contributed by atoms with van der Waals surface area (Å²) in [7, 11) is -3.96. The molecule has 14 heteroatoms. The number of sulfone groups is 1. The second-order valence-corrected chi connectivity index (χ2v) is 12.6. The summed E-state index contributed by atoms with van der Waals surface area (Å²) in [4.78, 5) is 17.2. The van der Waals surface area contributed by atoms with Crippen molar-refractivity contribution in [3.05, 3.63) is 100 Å². The van der Waals surface area contributed by atoms with Gasteiger partial charge in [0.25, 0.3) is 0 Å². The van der Waals surface area contributed by atoms with Crippen molar-refractivity contribution in [3.63, 3.8) is 0 Å². The fourth-order valence-electron chi connectivity index (χ4n) is 5.48. The van der Waals surface area contributed by atoms with Crippen LogP contribution in [0, 0.1) is 17.5 Å². The lowest BCUT2D eigenvalue weighted by Gasteiger charge is -2.22. The normalized spacial score (nSPS) is 14.2. The number of alkyl halides is 3. The summed E-state index contributed by atoms with van der Waals surface area (Å²) in [5.74, 6) is -3.46. The molecule has 0 radical (unpaired) electrons. The van der Waals surface area contributed by atoms with Gasteiger partial charge in [0.15, 0.2) is 15.5 Å². The summed E-state index contributed by atoms with van der Waals surface area (Å²) in [5, 5.41) is 6.43. The van der Waals surface area contributed by atoms with Gasteiger partial charge in [-0.3, -0.25) is 14.5 Å². The highest BCUT2D eigenvalue weighted by Crippen LogP contribution is 2.36. The first-order chi connectivity index (χ1) is 20.7. The van der Waals surface area contributed by atoms with Crippen molar-refractivity contribution in [2.24, 2.45) is 0 Å². The van der Waals surface area contributed by atoms with Gasteiger partial charge >= 0.3 is 6.18 Å². The molecule has 7 nitrogen and oxygen atoms in total. The van der Waals surface area contributed by atoms with Gasteiger partial charge in [0.2, 0.25) is 5.91 Å². The van der Waals surface area contributed by atoms with Crippen LogP contribution in [0.2, 0.25) is 0 Å². The lowest BCUT2D eigenvalue weighted by molar-refractivity contribution is -0.142. The van der Waals surface area contributed by atoms with E-state index in [2.05, 4.69) is 15.4 Å². The second kappa shape index (κ2) is 12.1. The molecule has 44 heavy (non-hydrogen) atoms. The number of nitrogens with one attached hydrogen (secondary N) is 1. The first-order valence-corrected chi connectivity index (χ1v) is 15.4. The highest BCUT2D eigenvalue weighted by Gasteiger charge is 2.39. The monoisotopic (exact) mass is 636 g/mol. The first kappa shape index (κ1) is 31.2. The number of fused-ring (bicyclic) bond motifs is 1. The second-order valence-electron chi connectivity index (χ2n) is 10.6. The van der Waals surface area contributed by atoms with Crippen molar-refractivity contribution in [3.8, 4) is 11.1 Å². The minimum Gasteiger partial charge on any atom is -0.346 e. The molecule has 0 spiro atoms. The van der Waals surface area contributed by atoms with Gasteiger partial charge < -0.3 is 5.32 Å². The maximum absolute atomic E-state index is 14.4. The molecule has 0 fully saturated rings. The van der Waals surface area contributed by atoms with E-state index in [1.807, 2.05) is 0 Å². The summed E-state index contributed by atoms with van der Waals surface area (Å²) >= 11 is 0. The van der Waals surface area contributed by atoms with Crippen molar-refractivity contribution in [2.75, 3.05) is 6.26 Å². The number of rotatable bonds is 8. The highest BCUT2D eigenvalue weighted by molar-refractivity contribution is 7.90. The molecule has 0 unspecified atom stereocenters. The van der Waals surface area contributed by atoms with Gasteiger partial charge in [-0.05, 0) is 73.6 Å². The van der Waals surface area contributed by atoms with E-state index >= 15 is 0 Å². The number of hydrogen-bond donors (Lipinski definition) is 1. The van der Waals surface area contributed by atoms with Crippen LogP contribution in [-0.4, -0.2) is 35.3 Å². The lowest BCUT2D eigenvalue weighted by Crippen LogP contribution is -2.34. The van der Waals surface area contributed by atoms with E-state index in [0.29, 0.717) is 31.0 Å². The Hall–Kier alpha value is -4.20. The number of carbonyl (C=O) groups excluding carboxylic acids is 1. The predicted octanol–water partition coefficient (Wildman–Crippen LogP) is 5.76. The van der Waals surface area contributed by atoms with E-state index in [4.69, 9.17) is 0 Å². The fraction of sp³-hybridized carbons (Fsp3) is 0.300. The Balaban J connectivity index is 1.54. The van der Waals surface area contributed by atoms with Crippen LogP contribution in [0.5, 0.6) is 0 Å². The summed E-state index contributed by atoms with van der Waals surface area (Å²) in [6.07, 6.45) is -0.975. The first-order valence-electron chi connectivity index (χ1n) is 13.6. The van der Waals surface area contributed by atoms with E-state index in [0.717, 1.165) is 35.2 Å². The molecule has 5 rings (SSSR count). The molecule has 1 amide bonds. The summed E-state index contributed by atoms with van der Waals surface area (Å²) in [6, 6.07) is 8.17. The number of benzene rings is 2. The average molecular weight is 637 g/mol. The molecule has 1 aliphatic carbocycles. The molecule has 0 saturated carbocycles. The van der Waals surface area contributed by atoms with Gasteiger partial charge in [-0.1, -0.05) is 12.1 Å². The third-order valence-corrected chi connectivity index (χ3v) is 8.44. The number of halogens is 6. The zero-order valence-electron chi connectivity index (χ0n) is 23.3. The third kappa shape index (κ3) is 6.79. The summed E-state index contributed by atoms with van der Waals surface area (Å²) in [5.41, 5.74) is 0.155. The van der Waals surface area contributed by atoms with Crippen LogP contribution in [0.4, 0.5) is 26.3 Å². The van der Waals surface area contributed by atoms with E-state index < -0.39 is 62.5 Å². The van der Waals surface area contributed by atoms with Gasteiger partial charge in [0.05, 0.1) is 11.7 Å². The van der Waals surface area contributed by atoms with E-state index in [1.165, 1.54) is 18.3 Å². The number of aromatic nitrogens is 3. The quantitative estimate of drug-likeness (QED) is 0.248. The summed E-state index contributed by atoms with van der Waals surface area (Å²) < 4.78 is 109. The minimum absolute atomic E-state index is 0.0633. The van der Waals surface area contributed by atoms with Crippen molar-refractivity contribution >= 4 is 15.7 Å². The molecule has 2 heterocycles. The van der Waals surface area contributed by atoms with Gasteiger partial charge in [-0.15, -0.1) is 0 Å². The van der Waals surface area contributed by atoms with Crippen molar-refractivity contribution in [1.29, 1.82) is 0 Å². The molecule has 0 saturated heterocycles. The van der Waals surface area contributed by atoms with Crippen LogP contribution in [0.15, 0.2) is 59.6 Å². The van der Waals surface area contributed by atoms with Crippen LogP contribution in [0.3, 0.4) is 0 Å². The maximum Gasteiger partial charge on any atom is 0.435 e. The SMILES string of the molecule is CS(=O)(=O)c1cc(-c2cccnc2[C@H](Cc2cc(F)cc(F)c2)NC(=O)Cn2nc(C(F)(F)F)c3c2CCCC3)ccc1F. The standard InChI is InChI=1S/C30H26F6N4O3S/c1-44(42,43)26-14-18(8-9-23(26)33)21-6-4-10-37-28(21)24(13-17-11-19(31)15-20(32)12-17)38-27(41)16-40-25-7-3-2-5-22(25)29(39-40)30(34,35)36/h4,6,8-12,14-15,24H,2-3,5,7,13,16H2,1H3,(H,38,41)/t24-/m0/s1. The number of amides is 1. The van der Waals surface area contributed by atoms with Gasteiger partial charge in [0, 0.05) is 35.3 Å². The summed E-state index contributed by atoms with van der Waals surface area (Å²) in [6.45, 7) is -0.566. The van der Waals surface area contributed by atoms with E-state index in [1.54, 1.807) is 6.07 Å². The molecular formula is C30H26F6N4O3S. The Morgan fingerprint density at radius 1 is 1.02 bits per heavy atom. The zero-order chi connectivity index (χ0) is 31.8. The molecule has 1 atom stereocenters. The molecule has 232 valence electrons. The van der Waals surface area contributed by atoms with Crippen molar-refractivity contribution in [2.45, 2.75) is 55.8 Å². The molecule has 1 N–H and O–H groups in total. The molecule has 0 bridgehead atoms. The van der Waals surface area contributed by atoms with Crippen LogP contribution in [0.25, 0.3) is 11.1 Å². The Morgan fingerprint density at radius 3 is 2.41 bits per heavy atom. The molecule has 0 aliphatic heterocycles. The van der Waals surface area contributed by atoms with Gasteiger partial charge in [0.1, 0.15) is 28.9 Å². The maximum atomic E-state index is 14.4. The molecule has 1 aliphatic rings. The smallest absolute Gasteiger partial charge is 0.346 e. The van der Waals surface area contributed by atoms with Crippen LogP contribution in [0.1, 0.15) is 47.1 Å². The lowest BCUT2D eigenvalue weighted by atomic mass is 9.95. The number of carbonyl (C=O) groups is 1.